The molecule has 0 saturated carbocycles. The van der Waals surface area contributed by atoms with Gasteiger partial charge in [-0.1, -0.05) is 52.3 Å². The molecule has 0 fully saturated rings. The number of carboxylic acids is 1. The lowest BCUT2D eigenvalue weighted by atomic mass is 10.1. The zero-order valence-corrected chi connectivity index (χ0v) is 12.9. The largest absolute Gasteiger partial charge is 0.478 e. The number of ether oxygens (including phenoxy) is 1. The maximum atomic E-state index is 10.4. The molecular formula is C17H15BrO3. The molecule has 0 saturated heterocycles. The molecule has 0 aliphatic heterocycles. The predicted octanol–water partition coefficient (Wildman–Crippen LogP) is 4.26. The van der Waals surface area contributed by atoms with Gasteiger partial charge in [0, 0.05) is 10.5 Å². The van der Waals surface area contributed by atoms with E-state index in [0.29, 0.717) is 13.2 Å². The molecule has 1 N–H and O–H groups in total. The van der Waals surface area contributed by atoms with Crippen LogP contribution in [-0.2, 0) is 22.7 Å². The van der Waals surface area contributed by atoms with Crippen LogP contribution in [0.15, 0.2) is 59.1 Å². The molecule has 0 amide bonds. The highest BCUT2D eigenvalue weighted by Crippen LogP contribution is 2.13. The van der Waals surface area contributed by atoms with Crippen LogP contribution in [0.25, 0.3) is 6.08 Å². The number of aliphatic carboxylic acids is 1. The molecule has 0 heterocycles. The third kappa shape index (κ3) is 5.53. The Bertz CT molecular complexity index is 633. The quantitative estimate of drug-likeness (QED) is 0.794. The lowest BCUT2D eigenvalue weighted by molar-refractivity contribution is -0.131. The number of hydrogen-bond donors (Lipinski definition) is 1. The summed E-state index contributed by atoms with van der Waals surface area (Å²) in [6.45, 7) is 1.08. The van der Waals surface area contributed by atoms with Crippen molar-refractivity contribution >= 4 is 28.0 Å². The minimum absolute atomic E-state index is 0.523. The summed E-state index contributed by atoms with van der Waals surface area (Å²) in [6.07, 6.45) is 2.69. The minimum Gasteiger partial charge on any atom is -0.478 e. The molecule has 2 aromatic rings. The van der Waals surface area contributed by atoms with Crippen LogP contribution in [0.1, 0.15) is 16.7 Å². The highest BCUT2D eigenvalue weighted by molar-refractivity contribution is 9.10. The van der Waals surface area contributed by atoms with Crippen molar-refractivity contribution in [2.45, 2.75) is 13.2 Å². The van der Waals surface area contributed by atoms with Crippen molar-refractivity contribution in [1.29, 1.82) is 0 Å². The fourth-order valence-corrected chi connectivity index (χ4v) is 2.25. The SMILES string of the molecule is O=C(O)/C=C/c1ccc(COCc2cccc(Br)c2)cc1. The Morgan fingerprint density at radius 2 is 1.81 bits per heavy atom. The Labute approximate surface area is 132 Å². The van der Waals surface area contributed by atoms with Gasteiger partial charge in [-0.3, -0.25) is 0 Å². The third-order valence-corrected chi connectivity index (χ3v) is 3.32. The van der Waals surface area contributed by atoms with E-state index in [4.69, 9.17) is 9.84 Å². The Balaban J connectivity index is 1.85. The molecule has 0 aromatic heterocycles. The summed E-state index contributed by atoms with van der Waals surface area (Å²) in [7, 11) is 0. The molecule has 0 radical (unpaired) electrons. The van der Waals surface area contributed by atoms with Crippen molar-refractivity contribution in [2.24, 2.45) is 0 Å². The Kier molecular flexibility index (Phi) is 5.72. The molecule has 4 heteroatoms. The van der Waals surface area contributed by atoms with E-state index in [1.807, 2.05) is 48.5 Å². The summed E-state index contributed by atoms with van der Waals surface area (Å²) >= 11 is 3.43. The van der Waals surface area contributed by atoms with Crippen molar-refractivity contribution in [1.82, 2.24) is 0 Å². The molecule has 0 atom stereocenters. The molecule has 3 nitrogen and oxygen atoms in total. The van der Waals surface area contributed by atoms with Crippen molar-refractivity contribution in [3.8, 4) is 0 Å². The van der Waals surface area contributed by atoms with Gasteiger partial charge < -0.3 is 9.84 Å². The van der Waals surface area contributed by atoms with Gasteiger partial charge in [0.2, 0.25) is 0 Å². The van der Waals surface area contributed by atoms with E-state index in [1.165, 1.54) is 0 Å². The molecule has 108 valence electrons. The first-order valence-electron chi connectivity index (χ1n) is 6.45. The summed E-state index contributed by atoms with van der Waals surface area (Å²) in [5.41, 5.74) is 3.02. The summed E-state index contributed by atoms with van der Waals surface area (Å²) in [6, 6.07) is 15.6. The molecule has 0 unspecified atom stereocenters. The predicted molar refractivity (Wildman–Crippen MR) is 85.7 cm³/mol. The second-order valence-corrected chi connectivity index (χ2v) is 5.45. The van der Waals surface area contributed by atoms with E-state index < -0.39 is 5.97 Å². The van der Waals surface area contributed by atoms with Gasteiger partial charge in [-0.2, -0.15) is 0 Å². The van der Waals surface area contributed by atoms with Gasteiger partial charge in [0.15, 0.2) is 0 Å². The van der Waals surface area contributed by atoms with Gasteiger partial charge in [0.25, 0.3) is 0 Å². The number of carboxylic acid groups (broad SMARTS) is 1. The van der Waals surface area contributed by atoms with Crippen LogP contribution in [0, 0.1) is 0 Å². The Morgan fingerprint density at radius 1 is 1.10 bits per heavy atom. The standard InChI is InChI=1S/C17H15BrO3/c18-16-3-1-2-15(10-16)12-21-11-14-6-4-13(5-7-14)8-9-17(19)20/h1-10H,11-12H2,(H,19,20)/b9-8+. The van der Waals surface area contributed by atoms with E-state index in [2.05, 4.69) is 15.9 Å². The third-order valence-electron chi connectivity index (χ3n) is 2.82. The van der Waals surface area contributed by atoms with Crippen LogP contribution in [0.3, 0.4) is 0 Å². The van der Waals surface area contributed by atoms with Crippen molar-refractivity contribution < 1.29 is 14.6 Å². The van der Waals surface area contributed by atoms with E-state index in [0.717, 1.165) is 27.2 Å². The van der Waals surface area contributed by atoms with E-state index >= 15 is 0 Å². The molecule has 0 spiro atoms. The smallest absolute Gasteiger partial charge is 0.328 e. The monoisotopic (exact) mass is 346 g/mol. The summed E-state index contributed by atoms with van der Waals surface area (Å²) in [5, 5.41) is 8.56. The second-order valence-electron chi connectivity index (χ2n) is 4.54. The number of hydrogen-bond acceptors (Lipinski definition) is 2. The Hall–Kier alpha value is -1.91. The summed E-state index contributed by atoms with van der Waals surface area (Å²) < 4.78 is 6.71. The van der Waals surface area contributed by atoms with Gasteiger partial charge in [-0.15, -0.1) is 0 Å². The highest BCUT2D eigenvalue weighted by Gasteiger charge is 1.97. The molecule has 2 aromatic carbocycles. The number of halogens is 1. The molecule has 2 rings (SSSR count). The van der Waals surface area contributed by atoms with Gasteiger partial charge in [0.1, 0.15) is 0 Å². The summed E-state index contributed by atoms with van der Waals surface area (Å²) in [4.78, 5) is 10.4. The lowest BCUT2D eigenvalue weighted by Gasteiger charge is -2.05. The molecule has 0 aliphatic rings. The molecule has 0 aliphatic carbocycles. The van der Waals surface area contributed by atoms with E-state index in [1.54, 1.807) is 6.08 Å². The molecule has 0 bridgehead atoms. The zero-order chi connectivity index (χ0) is 15.1. The van der Waals surface area contributed by atoms with Gasteiger partial charge in [-0.25, -0.2) is 4.79 Å². The van der Waals surface area contributed by atoms with Crippen LogP contribution in [0.5, 0.6) is 0 Å². The van der Waals surface area contributed by atoms with Gasteiger partial charge in [0.05, 0.1) is 13.2 Å². The average molecular weight is 347 g/mol. The summed E-state index contributed by atoms with van der Waals surface area (Å²) in [5.74, 6) is -0.948. The number of benzene rings is 2. The maximum Gasteiger partial charge on any atom is 0.328 e. The molecular weight excluding hydrogens is 332 g/mol. The maximum absolute atomic E-state index is 10.4. The van der Waals surface area contributed by atoms with Gasteiger partial charge >= 0.3 is 5.97 Å². The van der Waals surface area contributed by atoms with Crippen LogP contribution < -0.4 is 0 Å². The fraction of sp³-hybridized carbons (Fsp3) is 0.118. The second kappa shape index (κ2) is 7.76. The normalized spacial score (nSPS) is 10.9. The number of carbonyl (C=O) groups is 1. The molecule has 21 heavy (non-hydrogen) atoms. The first-order valence-corrected chi connectivity index (χ1v) is 7.25. The topological polar surface area (TPSA) is 46.5 Å². The van der Waals surface area contributed by atoms with Crippen molar-refractivity contribution in [3.05, 3.63) is 75.8 Å². The zero-order valence-electron chi connectivity index (χ0n) is 11.3. The van der Waals surface area contributed by atoms with Crippen LogP contribution in [0.4, 0.5) is 0 Å². The van der Waals surface area contributed by atoms with Crippen LogP contribution >= 0.6 is 15.9 Å². The minimum atomic E-state index is -0.948. The van der Waals surface area contributed by atoms with E-state index in [-0.39, 0.29) is 0 Å². The lowest BCUT2D eigenvalue weighted by Crippen LogP contribution is -1.94. The van der Waals surface area contributed by atoms with E-state index in [9.17, 15) is 4.79 Å². The van der Waals surface area contributed by atoms with Crippen molar-refractivity contribution in [2.75, 3.05) is 0 Å². The highest BCUT2D eigenvalue weighted by atomic mass is 79.9. The fourth-order valence-electron chi connectivity index (χ4n) is 1.81. The van der Waals surface area contributed by atoms with Crippen LogP contribution in [-0.4, -0.2) is 11.1 Å². The van der Waals surface area contributed by atoms with Gasteiger partial charge in [-0.05, 0) is 34.9 Å². The van der Waals surface area contributed by atoms with Crippen LogP contribution in [0.2, 0.25) is 0 Å². The van der Waals surface area contributed by atoms with Crippen molar-refractivity contribution in [3.63, 3.8) is 0 Å². The first kappa shape index (κ1) is 15.5. The average Bonchev–Trinajstić information content (AvgIpc) is 2.46. The first-order chi connectivity index (χ1) is 10.1. The Morgan fingerprint density at radius 3 is 2.48 bits per heavy atom. The number of rotatable bonds is 6.